The molecule has 0 amide bonds. The average molecular weight is 382 g/mol. The maximum Gasteiger partial charge on any atom is 0.0540 e. The maximum absolute atomic E-state index is 10.0. The van der Waals surface area contributed by atoms with Gasteiger partial charge in [0.25, 0.3) is 0 Å². The highest BCUT2D eigenvalue weighted by atomic mass is 16.3. The van der Waals surface area contributed by atoms with Crippen LogP contribution in [-0.4, -0.2) is 11.2 Å². The minimum Gasteiger partial charge on any atom is -0.393 e. The Balaban J connectivity index is 1.49. The molecule has 0 aliphatic rings. The van der Waals surface area contributed by atoms with E-state index in [1.54, 1.807) is 0 Å². The Morgan fingerprint density at radius 2 is 1.25 bits per heavy atom. The number of nitrogens with one attached hydrogen (secondary N) is 1. The van der Waals surface area contributed by atoms with Crippen LogP contribution in [0.25, 0.3) is 0 Å². The highest BCUT2D eigenvalue weighted by molar-refractivity contribution is 5.59. The summed E-state index contributed by atoms with van der Waals surface area (Å²) in [6.07, 6.45) is 14.4. The van der Waals surface area contributed by atoms with E-state index in [-0.39, 0.29) is 6.10 Å². The van der Waals surface area contributed by atoms with Crippen molar-refractivity contribution in [1.29, 1.82) is 0 Å². The fraction of sp³-hybridized carbons (Fsp3) is 0.538. The SMILES string of the molecule is CCCCCCC(O)CCCCCCCc1ccc(Nc2ccccc2)cc1. The second kappa shape index (κ2) is 14.2. The quantitative estimate of drug-likeness (QED) is 0.311. The number of aliphatic hydroxyl groups is 1. The van der Waals surface area contributed by atoms with Gasteiger partial charge in [0, 0.05) is 11.4 Å². The van der Waals surface area contributed by atoms with Gasteiger partial charge in [-0.2, -0.15) is 0 Å². The molecular weight excluding hydrogens is 342 g/mol. The summed E-state index contributed by atoms with van der Waals surface area (Å²) < 4.78 is 0. The van der Waals surface area contributed by atoms with Gasteiger partial charge in [-0.3, -0.25) is 0 Å². The first-order valence-corrected chi connectivity index (χ1v) is 11.4. The molecule has 0 aliphatic carbocycles. The smallest absolute Gasteiger partial charge is 0.0540 e. The zero-order chi connectivity index (χ0) is 19.9. The predicted octanol–water partition coefficient (Wildman–Crippen LogP) is 7.64. The molecule has 1 atom stereocenters. The van der Waals surface area contributed by atoms with Gasteiger partial charge in [-0.15, -0.1) is 0 Å². The first-order valence-electron chi connectivity index (χ1n) is 11.4. The van der Waals surface area contributed by atoms with E-state index in [0.29, 0.717) is 0 Å². The lowest BCUT2D eigenvalue weighted by molar-refractivity contribution is 0.147. The Bertz CT molecular complexity index is 608. The molecule has 2 N–H and O–H groups in total. The summed E-state index contributed by atoms with van der Waals surface area (Å²) in [5.74, 6) is 0. The van der Waals surface area contributed by atoms with Gasteiger partial charge in [0.2, 0.25) is 0 Å². The van der Waals surface area contributed by atoms with E-state index in [4.69, 9.17) is 0 Å². The molecule has 1 unspecified atom stereocenters. The van der Waals surface area contributed by atoms with Crippen molar-refractivity contribution in [2.75, 3.05) is 5.32 Å². The minimum atomic E-state index is -0.0696. The van der Waals surface area contributed by atoms with Crippen LogP contribution in [0.3, 0.4) is 0 Å². The summed E-state index contributed by atoms with van der Waals surface area (Å²) in [5.41, 5.74) is 3.69. The number of para-hydroxylation sites is 1. The molecule has 0 saturated heterocycles. The molecule has 2 nitrogen and oxygen atoms in total. The van der Waals surface area contributed by atoms with E-state index in [1.807, 2.05) is 18.2 Å². The highest BCUT2D eigenvalue weighted by Crippen LogP contribution is 2.18. The Morgan fingerprint density at radius 1 is 0.679 bits per heavy atom. The first-order chi connectivity index (χ1) is 13.8. The van der Waals surface area contributed by atoms with Crippen LogP contribution in [0.5, 0.6) is 0 Å². The van der Waals surface area contributed by atoms with Gasteiger partial charge in [-0.25, -0.2) is 0 Å². The molecule has 0 radical (unpaired) electrons. The third-order valence-corrected chi connectivity index (χ3v) is 5.41. The van der Waals surface area contributed by atoms with Crippen LogP contribution in [0.15, 0.2) is 54.6 Å². The fourth-order valence-electron chi connectivity index (χ4n) is 3.63. The largest absolute Gasteiger partial charge is 0.393 e. The van der Waals surface area contributed by atoms with Gasteiger partial charge < -0.3 is 10.4 Å². The van der Waals surface area contributed by atoms with E-state index < -0.39 is 0 Å². The van der Waals surface area contributed by atoms with Crippen molar-refractivity contribution in [3.8, 4) is 0 Å². The number of hydrogen-bond acceptors (Lipinski definition) is 2. The van der Waals surface area contributed by atoms with Gasteiger partial charge >= 0.3 is 0 Å². The lowest BCUT2D eigenvalue weighted by atomic mass is 10.0. The van der Waals surface area contributed by atoms with Crippen LogP contribution in [0.4, 0.5) is 11.4 Å². The molecule has 28 heavy (non-hydrogen) atoms. The van der Waals surface area contributed by atoms with Gasteiger partial charge in [0.05, 0.1) is 6.10 Å². The predicted molar refractivity (Wildman–Crippen MR) is 122 cm³/mol. The number of anilines is 2. The minimum absolute atomic E-state index is 0.0696. The van der Waals surface area contributed by atoms with Crippen molar-refractivity contribution in [3.05, 3.63) is 60.2 Å². The van der Waals surface area contributed by atoms with E-state index in [2.05, 4.69) is 48.6 Å². The molecule has 0 aliphatic heterocycles. The van der Waals surface area contributed by atoms with Crippen molar-refractivity contribution < 1.29 is 5.11 Å². The number of benzene rings is 2. The number of aryl methyl sites for hydroxylation is 1. The zero-order valence-electron chi connectivity index (χ0n) is 17.7. The topological polar surface area (TPSA) is 32.3 Å². The Labute approximate surface area is 172 Å². The molecule has 2 rings (SSSR count). The van der Waals surface area contributed by atoms with Crippen molar-refractivity contribution in [2.45, 2.75) is 90.1 Å². The standard InChI is InChI=1S/C26H39NO/c1-2-3-4-12-17-26(28)18-13-7-5-6-9-14-23-19-21-25(22-20-23)27-24-15-10-8-11-16-24/h8,10-11,15-16,19-22,26-28H,2-7,9,12-14,17-18H2,1H3. The summed E-state index contributed by atoms with van der Waals surface area (Å²) >= 11 is 0. The first kappa shape index (κ1) is 22.5. The van der Waals surface area contributed by atoms with Crippen LogP contribution in [0, 0.1) is 0 Å². The highest BCUT2D eigenvalue weighted by Gasteiger charge is 2.03. The van der Waals surface area contributed by atoms with Crippen molar-refractivity contribution in [3.63, 3.8) is 0 Å². The monoisotopic (exact) mass is 381 g/mol. The lowest BCUT2D eigenvalue weighted by Gasteiger charge is -2.10. The normalized spacial score (nSPS) is 12.1. The summed E-state index contributed by atoms with van der Waals surface area (Å²) in [6.45, 7) is 2.23. The second-order valence-electron chi connectivity index (χ2n) is 8.00. The Kier molecular flexibility index (Phi) is 11.4. The second-order valence-corrected chi connectivity index (χ2v) is 8.00. The molecule has 154 valence electrons. The van der Waals surface area contributed by atoms with E-state index in [9.17, 15) is 5.11 Å². The van der Waals surface area contributed by atoms with Gasteiger partial charge in [-0.05, 0) is 55.5 Å². The van der Waals surface area contributed by atoms with Crippen LogP contribution < -0.4 is 5.32 Å². The summed E-state index contributed by atoms with van der Waals surface area (Å²) in [7, 11) is 0. The number of hydrogen-bond donors (Lipinski definition) is 2. The van der Waals surface area contributed by atoms with Crippen LogP contribution in [-0.2, 0) is 6.42 Å². The van der Waals surface area contributed by atoms with Crippen LogP contribution in [0.1, 0.15) is 83.1 Å². The van der Waals surface area contributed by atoms with Crippen LogP contribution >= 0.6 is 0 Å². The van der Waals surface area contributed by atoms with Crippen LogP contribution in [0.2, 0.25) is 0 Å². The van der Waals surface area contributed by atoms with Crippen molar-refractivity contribution in [1.82, 2.24) is 0 Å². The third-order valence-electron chi connectivity index (χ3n) is 5.41. The lowest BCUT2D eigenvalue weighted by Crippen LogP contribution is -2.05. The van der Waals surface area contributed by atoms with Gasteiger partial charge in [-0.1, -0.05) is 88.6 Å². The number of aliphatic hydroxyl groups excluding tert-OH is 1. The average Bonchev–Trinajstić information content (AvgIpc) is 2.72. The Morgan fingerprint density at radius 3 is 1.93 bits per heavy atom. The number of rotatable bonds is 15. The molecule has 2 aromatic carbocycles. The van der Waals surface area contributed by atoms with Gasteiger partial charge in [0.1, 0.15) is 0 Å². The number of unbranched alkanes of at least 4 members (excludes halogenated alkanes) is 7. The Hall–Kier alpha value is -1.80. The third kappa shape index (κ3) is 9.94. The summed E-state index contributed by atoms with van der Waals surface area (Å²) in [5, 5.41) is 13.4. The molecule has 0 spiro atoms. The van der Waals surface area contributed by atoms with Gasteiger partial charge in [0.15, 0.2) is 0 Å². The molecule has 0 saturated carbocycles. The van der Waals surface area contributed by atoms with E-state index >= 15 is 0 Å². The van der Waals surface area contributed by atoms with E-state index in [1.165, 1.54) is 63.4 Å². The van der Waals surface area contributed by atoms with E-state index in [0.717, 1.165) is 30.6 Å². The molecule has 2 aromatic rings. The maximum atomic E-state index is 10.0. The summed E-state index contributed by atoms with van der Waals surface area (Å²) in [4.78, 5) is 0. The molecular formula is C26H39NO. The van der Waals surface area contributed by atoms with Crippen molar-refractivity contribution in [2.24, 2.45) is 0 Å². The zero-order valence-corrected chi connectivity index (χ0v) is 17.7. The molecule has 0 aromatic heterocycles. The van der Waals surface area contributed by atoms with Crippen molar-refractivity contribution >= 4 is 11.4 Å². The molecule has 0 bridgehead atoms. The molecule has 0 heterocycles. The molecule has 2 heteroatoms. The molecule has 0 fully saturated rings. The fourth-order valence-corrected chi connectivity index (χ4v) is 3.63. The summed E-state index contributed by atoms with van der Waals surface area (Å²) in [6, 6.07) is 19.1.